The summed E-state index contributed by atoms with van der Waals surface area (Å²) in [7, 11) is 0. The van der Waals surface area contributed by atoms with Gasteiger partial charge in [-0.25, -0.2) is 15.0 Å². The van der Waals surface area contributed by atoms with Crippen molar-refractivity contribution in [3.63, 3.8) is 0 Å². The van der Waals surface area contributed by atoms with Crippen LogP contribution in [0.15, 0.2) is 24.8 Å². The van der Waals surface area contributed by atoms with Gasteiger partial charge in [0.15, 0.2) is 5.13 Å². The van der Waals surface area contributed by atoms with Crippen LogP contribution in [0.2, 0.25) is 0 Å². The fourth-order valence-electron chi connectivity index (χ4n) is 2.11. The Bertz CT molecular complexity index is 719. The van der Waals surface area contributed by atoms with Gasteiger partial charge in [0.2, 0.25) is 0 Å². The number of nitrogens with two attached hydrogens (primary N) is 1. The van der Waals surface area contributed by atoms with Crippen molar-refractivity contribution in [3.05, 3.63) is 35.9 Å². The number of thiazole rings is 1. The summed E-state index contributed by atoms with van der Waals surface area (Å²) < 4.78 is 1.14. The molecule has 3 rings (SSSR count). The lowest BCUT2D eigenvalue weighted by Gasteiger charge is -2.07. The van der Waals surface area contributed by atoms with Gasteiger partial charge in [-0.2, -0.15) is 0 Å². The van der Waals surface area contributed by atoms with Crippen LogP contribution in [0.25, 0.3) is 21.3 Å². The Balaban J connectivity index is 2.35. The molecule has 0 bridgehead atoms. The highest BCUT2D eigenvalue weighted by molar-refractivity contribution is 7.22. The second-order valence-electron chi connectivity index (χ2n) is 4.22. The maximum absolute atomic E-state index is 5.80. The summed E-state index contributed by atoms with van der Waals surface area (Å²) in [6.07, 6.45) is 5.19. The van der Waals surface area contributed by atoms with E-state index in [1.807, 2.05) is 19.3 Å². The van der Waals surface area contributed by atoms with Crippen molar-refractivity contribution < 1.29 is 0 Å². The summed E-state index contributed by atoms with van der Waals surface area (Å²) in [4.78, 5) is 12.5. The van der Waals surface area contributed by atoms with E-state index in [9.17, 15) is 0 Å². The van der Waals surface area contributed by atoms with E-state index in [0.29, 0.717) is 5.13 Å². The lowest BCUT2D eigenvalue weighted by molar-refractivity contribution is 1.17. The molecule has 18 heavy (non-hydrogen) atoms. The first kappa shape index (κ1) is 11.1. The van der Waals surface area contributed by atoms with Gasteiger partial charge in [0.05, 0.1) is 10.2 Å². The van der Waals surface area contributed by atoms with E-state index in [1.165, 1.54) is 23.2 Å². The molecule has 2 heterocycles. The molecule has 1 aromatic carbocycles. The number of nitrogens with zero attached hydrogens (tertiary/aromatic N) is 3. The van der Waals surface area contributed by atoms with E-state index in [4.69, 9.17) is 5.73 Å². The van der Waals surface area contributed by atoms with E-state index in [0.717, 1.165) is 26.9 Å². The highest BCUT2D eigenvalue weighted by Crippen LogP contribution is 2.35. The molecule has 0 saturated heterocycles. The summed E-state index contributed by atoms with van der Waals surface area (Å²) in [5.74, 6) is 0. The highest BCUT2D eigenvalue weighted by atomic mass is 32.1. The summed E-state index contributed by atoms with van der Waals surface area (Å²) in [6, 6.07) is 2.12. The number of hydrogen-bond acceptors (Lipinski definition) is 5. The average molecular weight is 256 g/mol. The number of nitrogen functional groups attached to an aromatic ring is 1. The third-order valence-electron chi connectivity index (χ3n) is 2.99. The first-order valence-electron chi connectivity index (χ1n) is 5.58. The minimum Gasteiger partial charge on any atom is -0.375 e. The Hall–Kier alpha value is -2.01. The van der Waals surface area contributed by atoms with Crippen molar-refractivity contribution in [2.45, 2.75) is 13.8 Å². The summed E-state index contributed by atoms with van der Waals surface area (Å²) in [5, 5.41) is 0.609. The van der Waals surface area contributed by atoms with Crippen LogP contribution in [-0.4, -0.2) is 15.0 Å². The maximum atomic E-state index is 5.80. The summed E-state index contributed by atoms with van der Waals surface area (Å²) in [5.41, 5.74) is 11.3. The Kier molecular flexibility index (Phi) is 2.48. The van der Waals surface area contributed by atoms with Gasteiger partial charge in [-0.3, -0.25) is 0 Å². The summed E-state index contributed by atoms with van der Waals surface area (Å²) >= 11 is 1.53. The van der Waals surface area contributed by atoms with Crippen LogP contribution in [0, 0.1) is 13.8 Å². The van der Waals surface area contributed by atoms with Gasteiger partial charge >= 0.3 is 0 Å². The molecule has 0 aliphatic carbocycles. The monoisotopic (exact) mass is 256 g/mol. The molecular weight excluding hydrogens is 244 g/mol. The SMILES string of the molecule is Cc1cc(-c2cncnc2)c(C)c2sc(N)nc12. The molecule has 0 radical (unpaired) electrons. The standard InChI is InChI=1S/C13H12N4S/c1-7-3-10(9-4-15-6-16-5-9)8(2)12-11(7)17-13(14)18-12/h3-6H,1-2H3,(H2,14,17). The molecule has 0 aliphatic rings. The topological polar surface area (TPSA) is 64.7 Å². The molecular formula is C13H12N4S. The maximum Gasteiger partial charge on any atom is 0.181 e. The van der Waals surface area contributed by atoms with Gasteiger partial charge in [0, 0.05) is 18.0 Å². The van der Waals surface area contributed by atoms with Crippen LogP contribution >= 0.6 is 11.3 Å². The first-order valence-corrected chi connectivity index (χ1v) is 6.40. The molecule has 0 atom stereocenters. The predicted molar refractivity (Wildman–Crippen MR) is 74.5 cm³/mol. The molecule has 5 heteroatoms. The molecule has 4 nitrogen and oxygen atoms in total. The molecule has 2 aromatic heterocycles. The zero-order valence-electron chi connectivity index (χ0n) is 10.1. The minimum absolute atomic E-state index is 0.609. The molecule has 0 amide bonds. The second kappa shape index (κ2) is 4.03. The molecule has 2 N–H and O–H groups in total. The van der Waals surface area contributed by atoms with Gasteiger partial charge in [0.25, 0.3) is 0 Å². The van der Waals surface area contributed by atoms with E-state index in [2.05, 4.69) is 27.9 Å². The van der Waals surface area contributed by atoms with Crippen LogP contribution < -0.4 is 5.73 Å². The van der Waals surface area contributed by atoms with Crippen molar-refractivity contribution in [2.75, 3.05) is 5.73 Å². The lowest BCUT2D eigenvalue weighted by atomic mass is 10.00. The van der Waals surface area contributed by atoms with E-state index < -0.39 is 0 Å². The van der Waals surface area contributed by atoms with E-state index >= 15 is 0 Å². The van der Waals surface area contributed by atoms with Gasteiger partial charge in [-0.15, -0.1) is 0 Å². The van der Waals surface area contributed by atoms with Crippen LogP contribution in [0.1, 0.15) is 11.1 Å². The van der Waals surface area contributed by atoms with Gasteiger partial charge in [0.1, 0.15) is 6.33 Å². The zero-order valence-corrected chi connectivity index (χ0v) is 11.0. The van der Waals surface area contributed by atoms with Crippen molar-refractivity contribution >= 4 is 26.7 Å². The fraction of sp³-hybridized carbons (Fsp3) is 0.154. The second-order valence-corrected chi connectivity index (χ2v) is 5.25. The Morgan fingerprint density at radius 2 is 1.89 bits per heavy atom. The van der Waals surface area contributed by atoms with E-state index in [-0.39, 0.29) is 0 Å². The van der Waals surface area contributed by atoms with Crippen molar-refractivity contribution in [1.29, 1.82) is 0 Å². The van der Waals surface area contributed by atoms with Crippen LogP contribution in [0.3, 0.4) is 0 Å². The number of fused-ring (bicyclic) bond motifs is 1. The Morgan fingerprint density at radius 3 is 2.61 bits per heavy atom. The molecule has 3 aromatic rings. The molecule has 0 unspecified atom stereocenters. The zero-order chi connectivity index (χ0) is 12.7. The fourth-order valence-corrected chi connectivity index (χ4v) is 3.02. The largest absolute Gasteiger partial charge is 0.375 e. The smallest absolute Gasteiger partial charge is 0.181 e. The van der Waals surface area contributed by atoms with Gasteiger partial charge < -0.3 is 5.73 Å². The number of aryl methyl sites for hydroxylation is 2. The van der Waals surface area contributed by atoms with Crippen LogP contribution in [0.4, 0.5) is 5.13 Å². The third kappa shape index (κ3) is 1.64. The lowest BCUT2D eigenvalue weighted by Crippen LogP contribution is -1.89. The quantitative estimate of drug-likeness (QED) is 0.727. The molecule has 90 valence electrons. The molecule has 0 fully saturated rings. The first-order chi connectivity index (χ1) is 8.66. The number of aromatic nitrogens is 3. The average Bonchev–Trinajstić information content (AvgIpc) is 2.78. The van der Waals surface area contributed by atoms with Crippen LogP contribution in [-0.2, 0) is 0 Å². The summed E-state index contributed by atoms with van der Waals surface area (Å²) in [6.45, 7) is 4.13. The molecule has 0 aliphatic heterocycles. The van der Waals surface area contributed by atoms with Gasteiger partial charge in [-0.1, -0.05) is 11.3 Å². The molecule has 0 saturated carbocycles. The Labute approximate surface area is 109 Å². The van der Waals surface area contributed by atoms with Gasteiger partial charge in [-0.05, 0) is 36.6 Å². The van der Waals surface area contributed by atoms with Crippen molar-refractivity contribution in [2.24, 2.45) is 0 Å². The number of anilines is 1. The minimum atomic E-state index is 0.609. The van der Waals surface area contributed by atoms with E-state index in [1.54, 1.807) is 0 Å². The Morgan fingerprint density at radius 1 is 1.17 bits per heavy atom. The number of benzene rings is 1. The van der Waals surface area contributed by atoms with Crippen molar-refractivity contribution in [1.82, 2.24) is 15.0 Å². The third-order valence-corrected chi connectivity index (χ3v) is 4.00. The highest BCUT2D eigenvalue weighted by Gasteiger charge is 2.12. The number of rotatable bonds is 1. The molecule has 0 spiro atoms. The van der Waals surface area contributed by atoms with Crippen molar-refractivity contribution in [3.8, 4) is 11.1 Å². The van der Waals surface area contributed by atoms with Crippen LogP contribution in [0.5, 0.6) is 0 Å². The normalized spacial score (nSPS) is 11.0. The number of hydrogen-bond donors (Lipinski definition) is 1. The predicted octanol–water partition coefficient (Wildman–Crippen LogP) is 2.95.